The Bertz CT molecular complexity index is 727. The number of para-hydroxylation sites is 1. The molecule has 2 aromatic rings. The highest BCUT2D eigenvalue weighted by molar-refractivity contribution is 5.95. The van der Waals surface area contributed by atoms with Gasteiger partial charge in [-0.25, -0.2) is 4.68 Å². The molecule has 1 atom stereocenters. The lowest BCUT2D eigenvalue weighted by atomic mass is 10.1. The van der Waals surface area contributed by atoms with Crippen LogP contribution in [-0.4, -0.2) is 34.2 Å². The van der Waals surface area contributed by atoms with Crippen LogP contribution in [0.1, 0.15) is 28.5 Å². The third-order valence-corrected chi connectivity index (χ3v) is 3.70. The molecular weight excluding hydrogens is 276 g/mol. The van der Waals surface area contributed by atoms with Crippen LogP contribution in [0.4, 0.5) is 0 Å². The van der Waals surface area contributed by atoms with Crippen molar-refractivity contribution in [1.82, 2.24) is 14.7 Å². The number of carbonyl (C=O) groups excluding carboxylic acids is 1. The summed E-state index contributed by atoms with van der Waals surface area (Å²) in [4.78, 5) is 14.1. The predicted octanol–water partition coefficient (Wildman–Crippen LogP) is 2.72. The van der Waals surface area contributed by atoms with E-state index in [1.807, 2.05) is 38.1 Å². The molecule has 5 nitrogen and oxygen atoms in total. The molecule has 114 valence electrons. The Morgan fingerprint density at radius 1 is 1.41 bits per heavy atom. The third-order valence-electron chi connectivity index (χ3n) is 3.70. The Hall–Kier alpha value is -2.61. The van der Waals surface area contributed by atoms with Crippen molar-refractivity contribution in [2.45, 2.75) is 20.8 Å². The number of amides is 1. The number of hydrogen-bond acceptors (Lipinski definition) is 3. The molecule has 1 aromatic heterocycles. The van der Waals surface area contributed by atoms with E-state index in [9.17, 15) is 4.79 Å². The number of nitriles is 1. The third kappa shape index (κ3) is 3.01. The number of benzene rings is 1. The molecule has 0 bridgehead atoms. The van der Waals surface area contributed by atoms with Crippen molar-refractivity contribution in [2.75, 3.05) is 13.6 Å². The Kier molecular flexibility index (Phi) is 4.62. The maximum Gasteiger partial charge on any atom is 0.257 e. The van der Waals surface area contributed by atoms with E-state index >= 15 is 0 Å². The van der Waals surface area contributed by atoms with Crippen molar-refractivity contribution in [3.05, 3.63) is 47.3 Å². The Balaban J connectivity index is 2.30. The summed E-state index contributed by atoms with van der Waals surface area (Å²) in [6, 6.07) is 10.1. The zero-order valence-corrected chi connectivity index (χ0v) is 13.4. The lowest BCUT2D eigenvalue weighted by molar-refractivity contribution is 0.0784. The molecule has 22 heavy (non-hydrogen) atoms. The number of carbonyl (C=O) groups is 1. The second-order valence-electron chi connectivity index (χ2n) is 5.56. The van der Waals surface area contributed by atoms with Gasteiger partial charge in [-0.3, -0.25) is 4.79 Å². The van der Waals surface area contributed by atoms with Crippen LogP contribution in [0.2, 0.25) is 0 Å². The molecule has 5 heteroatoms. The van der Waals surface area contributed by atoms with Gasteiger partial charge in [0.05, 0.1) is 35.1 Å². The largest absolute Gasteiger partial charge is 0.340 e. The molecule has 0 fully saturated rings. The lowest BCUT2D eigenvalue weighted by Crippen LogP contribution is -2.31. The van der Waals surface area contributed by atoms with Crippen LogP contribution in [0.3, 0.4) is 0 Å². The van der Waals surface area contributed by atoms with E-state index in [2.05, 4.69) is 11.2 Å². The minimum atomic E-state index is -0.194. The topological polar surface area (TPSA) is 61.9 Å². The van der Waals surface area contributed by atoms with E-state index in [1.54, 1.807) is 29.7 Å². The Labute approximate surface area is 130 Å². The molecule has 2 rings (SSSR count). The van der Waals surface area contributed by atoms with Gasteiger partial charge in [0.15, 0.2) is 0 Å². The first kappa shape index (κ1) is 15.8. The van der Waals surface area contributed by atoms with Gasteiger partial charge < -0.3 is 4.90 Å². The number of rotatable bonds is 4. The normalized spacial score (nSPS) is 11.8. The lowest BCUT2D eigenvalue weighted by Gasteiger charge is -2.18. The molecule has 0 aliphatic heterocycles. The average molecular weight is 296 g/mol. The number of nitrogens with zero attached hydrogens (tertiary/aromatic N) is 4. The van der Waals surface area contributed by atoms with Crippen LogP contribution < -0.4 is 0 Å². The van der Waals surface area contributed by atoms with Crippen LogP contribution in [0.5, 0.6) is 0 Å². The monoisotopic (exact) mass is 296 g/mol. The van der Waals surface area contributed by atoms with Crippen LogP contribution >= 0.6 is 0 Å². The fourth-order valence-corrected chi connectivity index (χ4v) is 2.40. The van der Waals surface area contributed by atoms with Gasteiger partial charge in [0.1, 0.15) is 0 Å². The summed E-state index contributed by atoms with van der Waals surface area (Å²) >= 11 is 0. The van der Waals surface area contributed by atoms with E-state index in [-0.39, 0.29) is 11.8 Å². The number of aromatic nitrogens is 2. The van der Waals surface area contributed by atoms with E-state index in [4.69, 9.17) is 5.26 Å². The van der Waals surface area contributed by atoms with Crippen LogP contribution in [0.15, 0.2) is 30.5 Å². The van der Waals surface area contributed by atoms with Crippen LogP contribution in [0.25, 0.3) is 5.69 Å². The van der Waals surface area contributed by atoms with Gasteiger partial charge in [-0.1, -0.05) is 18.2 Å². The molecule has 0 spiro atoms. The molecule has 0 saturated heterocycles. The molecule has 0 aliphatic rings. The second kappa shape index (κ2) is 6.44. The summed E-state index contributed by atoms with van der Waals surface area (Å²) in [6.45, 7) is 6.10. The predicted molar refractivity (Wildman–Crippen MR) is 84.8 cm³/mol. The van der Waals surface area contributed by atoms with E-state index in [0.29, 0.717) is 12.1 Å². The van der Waals surface area contributed by atoms with Gasteiger partial charge in [0.25, 0.3) is 5.91 Å². The van der Waals surface area contributed by atoms with Crippen molar-refractivity contribution in [3.8, 4) is 11.8 Å². The average Bonchev–Trinajstić information content (AvgIpc) is 2.88. The van der Waals surface area contributed by atoms with E-state index in [1.165, 1.54) is 0 Å². The summed E-state index contributed by atoms with van der Waals surface area (Å²) in [5, 5.41) is 13.2. The summed E-state index contributed by atoms with van der Waals surface area (Å²) in [6.07, 6.45) is 1.59. The van der Waals surface area contributed by atoms with Crippen molar-refractivity contribution in [2.24, 2.45) is 5.92 Å². The fraction of sp³-hybridized carbons (Fsp3) is 0.353. The minimum absolute atomic E-state index is 0.112. The zero-order chi connectivity index (χ0) is 16.3. The summed E-state index contributed by atoms with van der Waals surface area (Å²) in [7, 11) is 1.71. The standard InChI is InChI=1S/C17H20N4O/c1-12(9-18)11-20(4)17(22)15-10-19-21(14(15)3)16-8-6-5-7-13(16)2/h5-8,10,12H,11H2,1-4H3/t12-/m0/s1. The molecule has 0 saturated carbocycles. The van der Waals surface area contributed by atoms with Gasteiger partial charge in [-0.15, -0.1) is 0 Å². The molecule has 0 N–H and O–H groups in total. The highest BCUT2D eigenvalue weighted by atomic mass is 16.2. The van der Waals surface area contributed by atoms with Gasteiger partial charge in [0, 0.05) is 13.6 Å². The first-order valence-corrected chi connectivity index (χ1v) is 7.21. The molecule has 1 aromatic carbocycles. The second-order valence-corrected chi connectivity index (χ2v) is 5.56. The smallest absolute Gasteiger partial charge is 0.257 e. The van der Waals surface area contributed by atoms with Crippen LogP contribution in [0, 0.1) is 31.1 Å². The summed E-state index contributed by atoms with van der Waals surface area (Å²) < 4.78 is 1.78. The summed E-state index contributed by atoms with van der Waals surface area (Å²) in [5.74, 6) is -0.305. The fourth-order valence-electron chi connectivity index (χ4n) is 2.40. The minimum Gasteiger partial charge on any atom is -0.340 e. The van der Waals surface area contributed by atoms with E-state index in [0.717, 1.165) is 16.9 Å². The van der Waals surface area contributed by atoms with Crippen LogP contribution in [-0.2, 0) is 0 Å². The first-order valence-electron chi connectivity index (χ1n) is 7.21. The van der Waals surface area contributed by atoms with Gasteiger partial charge in [-0.05, 0) is 32.4 Å². The van der Waals surface area contributed by atoms with Crippen molar-refractivity contribution in [3.63, 3.8) is 0 Å². The van der Waals surface area contributed by atoms with Gasteiger partial charge in [-0.2, -0.15) is 10.4 Å². The first-order chi connectivity index (χ1) is 10.5. The molecule has 0 aliphatic carbocycles. The van der Waals surface area contributed by atoms with Crippen molar-refractivity contribution < 1.29 is 4.79 Å². The number of hydrogen-bond donors (Lipinski definition) is 0. The van der Waals surface area contributed by atoms with Crippen molar-refractivity contribution in [1.29, 1.82) is 5.26 Å². The quantitative estimate of drug-likeness (QED) is 0.871. The molecule has 0 unspecified atom stereocenters. The highest BCUT2D eigenvalue weighted by Gasteiger charge is 2.20. The maximum atomic E-state index is 12.5. The highest BCUT2D eigenvalue weighted by Crippen LogP contribution is 2.18. The number of aryl methyl sites for hydroxylation is 1. The molecular formula is C17H20N4O. The molecule has 1 heterocycles. The van der Waals surface area contributed by atoms with Gasteiger partial charge in [0.2, 0.25) is 0 Å². The van der Waals surface area contributed by atoms with E-state index < -0.39 is 0 Å². The molecule has 1 amide bonds. The Morgan fingerprint density at radius 3 is 2.73 bits per heavy atom. The van der Waals surface area contributed by atoms with Gasteiger partial charge >= 0.3 is 0 Å². The SMILES string of the molecule is Cc1ccccc1-n1ncc(C(=O)N(C)C[C@@H](C)C#N)c1C. The maximum absolute atomic E-state index is 12.5. The van der Waals surface area contributed by atoms with Crippen molar-refractivity contribution >= 4 is 5.91 Å². The summed E-state index contributed by atoms with van der Waals surface area (Å²) in [5.41, 5.74) is 3.43. The Morgan fingerprint density at radius 2 is 2.09 bits per heavy atom. The molecule has 0 radical (unpaired) electrons. The zero-order valence-electron chi connectivity index (χ0n) is 13.4.